The number of aliphatic hydroxyl groups excluding tert-OH is 1. The molecule has 174 valence electrons. The van der Waals surface area contributed by atoms with Gasteiger partial charge in [-0.3, -0.25) is 4.79 Å². The second-order valence-corrected chi connectivity index (χ2v) is 6.81. The second kappa shape index (κ2) is 13.6. The zero-order valence-electron chi connectivity index (χ0n) is 18.3. The summed E-state index contributed by atoms with van der Waals surface area (Å²) in [6.45, 7) is 0.437. The molecule has 0 spiro atoms. The first kappa shape index (κ1) is 25.5. The van der Waals surface area contributed by atoms with Gasteiger partial charge in [-0.2, -0.15) is 5.90 Å². The summed E-state index contributed by atoms with van der Waals surface area (Å²) < 4.78 is 25.5. The Bertz CT molecular complexity index is 1030. The number of benzene rings is 3. The number of halogens is 1. The Hall–Kier alpha value is -3.75. The number of ether oxygens (including phenoxy) is 2. The molecule has 0 bridgehead atoms. The number of carbonyl (C=O) groups is 1. The molecule has 8 heteroatoms. The molecule has 4 N–H and O–H groups in total. The third-order valence-corrected chi connectivity index (χ3v) is 4.59. The molecule has 0 aromatic heterocycles. The summed E-state index contributed by atoms with van der Waals surface area (Å²) in [6.07, 6.45) is 0.207. The highest BCUT2D eigenvalue weighted by Gasteiger charge is 2.08. The van der Waals surface area contributed by atoms with Gasteiger partial charge in [-0.15, -0.1) is 0 Å². The van der Waals surface area contributed by atoms with Crippen LogP contribution in [-0.4, -0.2) is 30.5 Å². The maximum absolute atomic E-state index is 14.2. The van der Waals surface area contributed by atoms with Gasteiger partial charge < -0.3 is 24.8 Å². The van der Waals surface area contributed by atoms with Gasteiger partial charge in [0.2, 0.25) is 0 Å². The second-order valence-electron chi connectivity index (χ2n) is 6.81. The Morgan fingerprint density at radius 2 is 1.64 bits per heavy atom. The highest BCUT2D eigenvalue weighted by atomic mass is 19.1. The van der Waals surface area contributed by atoms with Crippen molar-refractivity contribution in [3.63, 3.8) is 0 Å². The van der Waals surface area contributed by atoms with Crippen LogP contribution in [0, 0.1) is 11.2 Å². The van der Waals surface area contributed by atoms with Gasteiger partial charge in [0.05, 0.1) is 12.1 Å². The first-order chi connectivity index (χ1) is 16.0. The highest BCUT2D eigenvalue weighted by molar-refractivity contribution is 5.99. The molecule has 0 radical (unpaired) electrons. The van der Waals surface area contributed by atoms with Crippen LogP contribution in [0.5, 0.6) is 11.5 Å². The Balaban J connectivity index is 0.00000187. The van der Waals surface area contributed by atoms with E-state index >= 15 is 0 Å². The topological polar surface area (TPSA) is 115 Å². The average molecular weight is 454 g/mol. The van der Waals surface area contributed by atoms with E-state index in [9.17, 15) is 9.18 Å². The van der Waals surface area contributed by atoms with Gasteiger partial charge in [-0.25, -0.2) is 4.39 Å². The molecule has 0 aliphatic rings. The van der Waals surface area contributed by atoms with Crippen LogP contribution in [0.1, 0.15) is 23.1 Å². The first-order valence-corrected chi connectivity index (χ1v) is 10.2. The van der Waals surface area contributed by atoms with E-state index in [0.29, 0.717) is 22.8 Å². The third-order valence-electron chi connectivity index (χ3n) is 4.59. The van der Waals surface area contributed by atoms with Gasteiger partial charge in [0, 0.05) is 13.2 Å². The van der Waals surface area contributed by atoms with E-state index in [1.807, 2.05) is 42.5 Å². The van der Waals surface area contributed by atoms with E-state index in [1.54, 1.807) is 24.3 Å². The molecule has 0 unspecified atom stereocenters. The smallest absolute Gasteiger partial charge is 0.324 e. The number of rotatable bonds is 10. The summed E-state index contributed by atoms with van der Waals surface area (Å²) in [7, 11) is 1.00. The van der Waals surface area contributed by atoms with E-state index in [-0.39, 0.29) is 26.1 Å². The average Bonchev–Trinajstić information content (AvgIpc) is 2.87. The fourth-order valence-corrected chi connectivity index (χ4v) is 2.84. The van der Waals surface area contributed by atoms with Crippen LogP contribution in [-0.2, 0) is 22.7 Å². The fourth-order valence-electron chi connectivity index (χ4n) is 2.84. The number of hydrogen-bond acceptors (Lipinski definition) is 7. The lowest BCUT2D eigenvalue weighted by Gasteiger charge is -2.10. The lowest BCUT2D eigenvalue weighted by atomic mass is 10.1. The predicted octanol–water partition coefficient (Wildman–Crippen LogP) is 3.81. The van der Waals surface area contributed by atoms with E-state index in [2.05, 4.69) is 4.84 Å². The molecule has 0 atom stereocenters. The minimum absolute atomic E-state index is 0.00681. The van der Waals surface area contributed by atoms with Crippen molar-refractivity contribution in [3.05, 3.63) is 95.3 Å². The molecular weight excluding hydrogens is 427 g/mol. The number of aryl methyl sites for hydroxylation is 1. The van der Waals surface area contributed by atoms with Crippen molar-refractivity contribution >= 4 is 11.7 Å². The van der Waals surface area contributed by atoms with E-state index < -0.39 is 11.8 Å². The fraction of sp³-hybridized carbons (Fsp3) is 0.200. The molecule has 0 aliphatic heterocycles. The van der Waals surface area contributed by atoms with Crippen molar-refractivity contribution in [2.75, 3.05) is 13.7 Å². The zero-order chi connectivity index (χ0) is 24.1. The summed E-state index contributed by atoms with van der Waals surface area (Å²) in [5.41, 5.74) is 2.50. The predicted molar refractivity (Wildman–Crippen MR) is 123 cm³/mol. The van der Waals surface area contributed by atoms with E-state index in [4.69, 9.17) is 25.9 Å². The number of hydrogen-bond donors (Lipinski definition) is 3. The zero-order valence-corrected chi connectivity index (χ0v) is 18.3. The number of nitrogens with one attached hydrogen (secondary N) is 1. The monoisotopic (exact) mass is 454 g/mol. The van der Waals surface area contributed by atoms with Crippen molar-refractivity contribution in [2.24, 2.45) is 5.90 Å². The molecule has 3 aromatic carbocycles. The van der Waals surface area contributed by atoms with Crippen LogP contribution in [0.25, 0.3) is 0 Å². The molecular formula is C25H27FN2O5. The van der Waals surface area contributed by atoms with Gasteiger partial charge in [0.25, 0.3) is 0 Å². The van der Waals surface area contributed by atoms with Gasteiger partial charge >= 0.3 is 5.97 Å². The van der Waals surface area contributed by atoms with Crippen molar-refractivity contribution in [2.45, 2.75) is 19.4 Å². The van der Waals surface area contributed by atoms with Gasteiger partial charge in [0.15, 0.2) is 0 Å². The molecule has 7 nitrogen and oxygen atoms in total. The van der Waals surface area contributed by atoms with Gasteiger partial charge in [-0.1, -0.05) is 48.5 Å². The Kier molecular flexibility index (Phi) is 10.5. The molecule has 0 saturated carbocycles. The minimum Gasteiger partial charge on any atom is -0.489 e. The molecule has 3 aromatic rings. The Morgan fingerprint density at radius 1 is 0.970 bits per heavy atom. The Labute approximate surface area is 192 Å². The van der Waals surface area contributed by atoms with Crippen LogP contribution in [0.2, 0.25) is 0 Å². The molecule has 0 amide bonds. The summed E-state index contributed by atoms with van der Waals surface area (Å²) >= 11 is 0. The van der Waals surface area contributed by atoms with Gasteiger partial charge in [0.1, 0.15) is 30.5 Å². The SMILES string of the molecule is CO.N=C(COc1ccc(COc2ccc(CCC(=O)ON)c(F)c2)cc1)c1ccccc1. The number of carbonyl (C=O) groups excluding carboxylic acids is 1. The maximum Gasteiger partial charge on any atom is 0.324 e. The van der Waals surface area contributed by atoms with Crippen LogP contribution >= 0.6 is 0 Å². The quantitative estimate of drug-likeness (QED) is 0.317. The highest BCUT2D eigenvalue weighted by Crippen LogP contribution is 2.20. The molecule has 33 heavy (non-hydrogen) atoms. The van der Waals surface area contributed by atoms with Crippen LogP contribution in [0.15, 0.2) is 72.8 Å². The van der Waals surface area contributed by atoms with Crippen LogP contribution in [0.4, 0.5) is 4.39 Å². The molecule has 0 aliphatic carbocycles. The standard InChI is InChI=1S/C24H23FN2O4.CH4O/c25-22-14-21(12-8-18(22)9-13-24(28)31-27)29-15-17-6-10-20(11-7-17)30-16-23(26)19-4-2-1-3-5-19;1-2/h1-8,10-12,14,26H,9,13,15-16,27H2;2H,1H3. The summed E-state index contributed by atoms with van der Waals surface area (Å²) in [5.74, 6) is 4.77. The first-order valence-electron chi connectivity index (χ1n) is 10.2. The normalized spacial score (nSPS) is 9.94. The van der Waals surface area contributed by atoms with Crippen molar-refractivity contribution in [1.82, 2.24) is 0 Å². The van der Waals surface area contributed by atoms with Crippen LogP contribution < -0.4 is 15.4 Å². The largest absolute Gasteiger partial charge is 0.489 e. The number of nitrogens with two attached hydrogens (primary N) is 1. The van der Waals surface area contributed by atoms with E-state index in [1.165, 1.54) is 6.07 Å². The van der Waals surface area contributed by atoms with Crippen molar-refractivity contribution in [3.8, 4) is 11.5 Å². The van der Waals surface area contributed by atoms with Crippen molar-refractivity contribution in [1.29, 1.82) is 5.41 Å². The van der Waals surface area contributed by atoms with Crippen LogP contribution in [0.3, 0.4) is 0 Å². The molecule has 0 saturated heterocycles. The molecule has 0 heterocycles. The Morgan fingerprint density at radius 3 is 2.27 bits per heavy atom. The summed E-state index contributed by atoms with van der Waals surface area (Å²) in [5, 5.41) is 15.1. The summed E-state index contributed by atoms with van der Waals surface area (Å²) in [4.78, 5) is 15.1. The third kappa shape index (κ3) is 8.36. The lowest BCUT2D eigenvalue weighted by Crippen LogP contribution is -2.11. The van der Waals surface area contributed by atoms with E-state index in [0.717, 1.165) is 18.2 Å². The summed E-state index contributed by atoms with van der Waals surface area (Å²) in [6, 6.07) is 21.2. The molecule has 3 rings (SSSR count). The lowest BCUT2D eigenvalue weighted by molar-refractivity contribution is -0.144. The number of aliphatic hydroxyl groups is 1. The maximum atomic E-state index is 14.2. The van der Waals surface area contributed by atoms with Crippen molar-refractivity contribution < 1.29 is 28.6 Å². The van der Waals surface area contributed by atoms with Gasteiger partial charge in [-0.05, 0) is 41.3 Å². The minimum atomic E-state index is -0.593. The molecule has 0 fully saturated rings.